The first-order chi connectivity index (χ1) is 8.08. The number of H-pyrrole nitrogens is 1. The molecular weight excluding hydrogens is 242 g/mol. The van der Waals surface area contributed by atoms with Gasteiger partial charge in [-0.3, -0.25) is 19.4 Å². The monoisotopic (exact) mass is 255 g/mol. The first kappa shape index (κ1) is 13.5. The van der Waals surface area contributed by atoms with Crippen LogP contribution in [0.2, 0.25) is 0 Å². The molecule has 0 amide bonds. The SMILES string of the molecule is CCNC(C#N)CSc1nc(=O)c(=O)[nH]n1C. The topological polar surface area (TPSA) is 104 Å². The highest BCUT2D eigenvalue weighted by atomic mass is 32.2. The molecule has 0 aliphatic rings. The van der Waals surface area contributed by atoms with Gasteiger partial charge in [-0.15, -0.1) is 0 Å². The summed E-state index contributed by atoms with van der Waals surface area (Å²) >= 11 is 1.24. The molecular formula is C9H13N5O2S. The third kappa shape index (κ3) is 3.72. The van der Waals surface area contributed by atoms with Crippen LogP contribution < -0.4 is 16.4 Å². The maximum absolute atomic E-state index is 11.1. The smallest absolute Gasteiger partial charge is 0.302 e. The Hall–Kier alpha value is -1.59. The first-order valence-electron chi connectivity index (χ1n) is 5.01. The number of aromatic amines is 1. The van der Waals surface area contributed by atoms with Gasteiger partial charge in [-0.2, -0.15) is 10.2 Å². The van der Waals surface area contributed by atoms with E-state index in [2.05, 4.69) is 21.5 Å². The van der Waals surface area contributed by atoms with Crippen molar-refractivity contribution in [3.63, 3.8) is 0 Å². The van der Waals surface area contributed by atoms with Crippen LogP contribution in [0.15, 0.2) is 14.7 Å². The summed E-state index contributed by atoms with van der Waals surface area (Å²) in [5.74, 6) is 0.455. The van der Waals surface area contributed by atoms with Gasteiger partial charge in [-0.25, -0.2) is 0 Å². The molecule has 0 fully saturated rings. The number of hydrogen-bond acceptors (Lipinski definition) is 6. The molecule has 0 saturated heterocycles. The minimum absolute atomic E-state index is 0.311. The molecule has 2 N–H and O–H groups in total. The number of hydrogen-bond donors (Lipinski definition) is 2. The average molecular weight is 255 g/mol. The lowest BCUT2D eigenvalue weighted by Crippen LogP contribution is -2.34. The molecule has 1 heterocycles. The summed E-state index contributed by atoms with van der Waals surface area (Å²) in [7, 11) is 1.59. The molecule has 0 bridgehead atoms. The summed E-state index contributed by atoms with van der Waals surface area (Å²) in [4.78, 5) is 25.7. The average Bonchev–Trinajstić information content (AvgIpc) is 2.30. The molecule has 0 saturated carbocycles. The lowest BCUT2D eigenvalue weighted by atomic mass is 10.4. The van der Waals surface area contributed by atoms with Gasteiger partial charge in [0.25, 0.3) is 0 Å². The van der Waals surface area contributed by atoms with Gasteiger partial charge in [-0.1, -0.05) is 18.7 Å². The Morgan fingerprint density at radius 2 is 2.35 bits per heavy atom. The van der Waals surface area contributed by atoms with Crippen molar-refractivity contribution in [1.82, 2.24) is 20.1 Å². The molecule has 0 aliphatic carbocycles. The Labute approximate surface area is 102 Å². The zero-order valence-electron chi connectivity index (χ0n) is 9.56. The van der Waals surface area contributed by atoms with Gasteiger partial charge in [0.2, 0.25) is 0 Å². The summed E-state index contributed by atoms with van der Waals surface area (Å²) < 4.78 is 1.37. The normalized spacial score (nSPS) is 12.1. The lowest BCUT2D eigenvalue weighted by molar-refractivity contribution is 0.594. The zero-order valence-corrected chi connectivity index (χ0v) is 10.4. The van der Waals surface area contributed by atoms with Gasteiger partial charge in [-0.05, 0) is 6.54 Å². The third-order valence-electron chi connectivity index (χ3n) is 1.93. The Balaban J connectivity index is 2.76. The zero-order chi connectivity index (χ0) is 12.8. The van der Waals surface area contributed by atoms with E-state index >= 15 is 0 Å². The number of nitrogens with zero attached hydrogens (tertiary/aromatic N) is 3. The van der Waals surface area contributed by atoms with Crippen molar-refractivity contribution < 1.29 is 0 Å². The summed E-state index contributed by atoms with van der Waals surface area (Å²) in [6, 6.07) is 1.79. The van der Waals surface area contributed by atoms with Crippen LogP contribution in [0.25, 0.3) is 0 Å². The van der Waals surface area contributed by atoms with Crippen molar-refractivity contribution in [3.05, 3.63) is 20.7 Å². The molecule has 92 valence electrons. The van der Waals surface area contributed by atoms with Gasteiger partial charge >= 0.3 is 11.1 Å². The van der Waals surface area contributed by atoms with Crippen molar-refractivity contribution in [1.29, 1.82) is 5.26 Å². The summed E-state index contributed by atoms with van der Waals surface area (Å²) in [6.07, 6.45) is 0. The van der Waals surface area contributed by atoms with Crippen LogP contribution in [-0.4, -0.2) is 33.1 Å². The minimum atomic E-state index is -0.817. The fraction of sp³-hybridized carbons (Fsp3) is 0.556. The minimum Gasteiger partial charge on any atom is -0.302 e. The Morgan fingerprint density at radius 3 is 2.94 bits per heavy atom. The van der Waals surface area contributed by atoms with Crippen LogP contribution in [0.1, 0.15) is 6.92 Å². The van der Waals surface area contributed by atoms with E-state index in [0.29, 0.717) is 17.5 Å². The van der Waals surface area contributed by atoms with Crippen LogP contribution in [0, 0.1) is 11.3 Å². The number of thioether (sulfide) groups is 1. The molecule has 1 unspecified atom stereocenters. The first-order valence-corrected chi connectivity index (χ1v) is 6.00. The predicted octanol–water partition coefficient (Wildman–Crippen LogP) is -0.938. The van der Waals surface area contributed by atoms with Crippen molar-refractivity contribution >= 4 is 11.8 Å². The second-order valence-electron chi connectivity index (χ2n) is 3.25. The van der Waals surface area contributed by atoms with E-state index in [0.717, 1.165) is 0 Å². The molecule has 17 heavy (non-hydrogen) atoms. The van der Waals surface area contributed by atoms with Crippen molar-refractivity contribution in [3.8, 4) is 6.07 Å². The van der Waals surface area contributed by atoms with E-state index in [1.807, 2.05) is 6.92 Å². The van der Waals surface area contributed by atoms with E-state index in [9.17, 15) is 9.59 Å². The summed E-state index contributed by atoms with van der Waals surface area (Å²) in [5, 5.41) is 14.5. The molecule has 1 aromatic heterocycles. The van der Waals surface area contributed by atoms with Gasteiger partial charge in [0.05, 0.1) is 6.07 Å². The van der Waals surface area contributed by atoms with E-state index < -0.39 is 11.1 Å². The van der Waals surface area contributed by atoms with Crippen LogP contribution in [0.3, 0.4) is 0 Å². The number of nitriles is 1. The van der Waals surface area contributed by atoms with Crippen molar-refractivity contribution in [2.24, 2.45) is 7.05 Å². The second-order valence-corrected chi connectivity index (χ2v) is 4.24. The van der Waals surface area contributed by atoms with E-state index in [4.69, 9.17) is 5.26 Å². The molecule has 0 radical (unpaired) electrons. The molecule has 0 spiro atoms. The number of rotatable bonds is 5. The Morgan fingerprint density at radius 1 is 1.65 bits per heavy atom. The van der Waals surface area contributed by atoms with Crippen LogP contribution >= 0.6 is 11.8 Å². The predicted molar refractivity (Wildman–Crippen MR) is 63.9 cm³/mol. The number of nitrogens with one attached hydrogen (secondary N) is 2. The Kier molecular flexibility index (Phi) is 4.93. The van der Waals surface area contributed by atoms with Crippen LogP contribution in [0.4, 0.5) is 0 Å². The van der Waals surface area contributed by atoms with E-state index in [1.54, 1.807) is 7.05 Å². The van der Waals surface area contributed by atoms with Crippen molar-refractivity contribution in [2.45, 2.75) is 18.1 Å². The van der Waals surface area contributed by atoms with Gasteiger partial charge < -0.3 is 5.32 Å². The van der Waals surface area contributed by atoms with E-state index in [1.165, 1.54) is 16.4 Å². The molecule has 1 rings (SSSR count). The van der Waals surface area contributed by atoms with Gasteiger partial charge in [0.15, 0.2) is 5.16 Å². The second kappa shape index (κ2) is 6.22. The molecule has 1 atom stereocenters. The lowest BCUT2D eigenvalue weighted by Gasteiger charge is -2.10. The summed E-state index contributed by atoms with van der Waals surface area (Å²) in [6.45, 7) is 2.60. The molecule has 0 aromatic carbocycles. The summed E-state index contributed by atoms with van der Waals surface area (Å²) in [5.41, 5.74) is -1.57. The van der Waals surface area contributed by atoms with E-state index in [-0.39, 0.29) is 6.04 Å². The van der Waals surface area contributed by atoms with Gasteiger partial charge in [0, 0.05) is 12.8 Å². The highest BCUT2D eigenvalue weighted by molar-refractivity contribution is 7.99. The molecule has 0 aliphatic heterocycles. The van der Waals surface area contributed by atoms with Crippen LogP contribution in [-0.2, 0) is 7.05 Å². The largest absolute Gasteiger partial charge is 0.339 e. The number of aryl methyl sites for hydroxylation is 1. The highest BCUT2D eigenvalue weighted by Crippen LogP contribution is 2.12. The molecule has 8 heteroatoms. The highest BCUT2D eigenvalue weighted by Gasteiger charge is 2.09. The Bertz CT molecular complexity index is 529. The third-order valence-corrected chi connectivity index (χ3v) is 3.06. The molecule has 7 nitrogen and oxygen atoms in total. The maximum atomic E-state index is 11.1. The van der Waals surface area contributed by atoms with Crippen LogP contribution in [0.5, 0.6) is 0 Å². The fourth-order valence-corrected chi connectivity index (χ4v) is 2.03. The standard InChI is InChI=1S/C9H13N5O2S/c1-3-11-6(4-10)5-17-9-12-7(15)8(16)13-14(9)2/h6,11H,3,5H2,1-2H3,(H,13,16). The quantitative estimate of drug-likeness (QED) is 0.520. The van der Waals surface area contributed by atoms with Crippen molar-refractivity contribution in [2.75, 3.05) is 12.3 Å². The maximum Gasteiger partial charge on any atom is 0.339 e. The fourth-order valence-electron chi connectivity index (χ4n) is 1.14. The van der Waals surface area contributed by atoms with Gasteiger partial charge in [0.1, 0.15) is 6.04 Å². The number of aromatic nitrogens is 3. The molecule has 1 aromatic rings.